The van der Waals surface area contributed by atoms with Crippen LogP contribution >= 0.6 is 0 Å². The fourth-order valence-corrected chi connectivity index (χ4v) is 2.65. The van der Waals surface area contributed by atoms with Crippen LogP contribution in [-0.4, -0.2) is 37.5 Å². The Labute approximate surface area is 154 Å². The van der Waals surface area contributed by atoms with E-state index in [4.69, 9.17) is 19.3 Å². The summed E-state index contributed by atoms with van der Waals surface area (Å²) in [7, 11) is 1.39. The van der Waals surface area contributed by atoms with Crippen molar-refractivity contribution in [1.29, 1.82) is 0 Å². The molecule has 0 aliphatic heterocycles. The maximum Gasteiger partial charge on any atom is 0.333 e. The van der Waals surface area contributed by atoms with Gasteiger partial charge in [0, 0.05) is 13.5 Å². The van der Waals surface area contributed by atoms with Crippen LogP contribution in [0.3, 0.4) is 0 Å². The Bertz CT molecular complexity index is 711. The van der Waals surface area contributed by atoms with Crippen LogP contribution in [0.4, 0.5) is 0 Å². The molecular formula is C21H26O5. The summed E-state index contributed by atoms with van der Waals surface area (Å²) in [5, 5.41) is 9.07. The van der Waals surface area contributed by atoms with E-state index in [-0.39, 0.29) is 0 Å². The fourth-order valence-electron chi connectivity index (χ4n) is 2.65. The Kier molecular flexibility index (Phi) is 7.48. The number of methoxy groups -OCH3 is 1. The Morgan fingerprint density at radius 3 is 2.46 bits per heavy atom. The quantitative estimate of drug-likeness (QED) is 0.652. The summed E-state index contributed by atoms with van der Waals surface area (Å²) in [5.41, 5.74) is 2.02. The zero-order chi connectivity index (χ0) is 18.9. The molecule has 5 nitrogen and oxygen atoms in total. The summed E-state index contributed by atoms with van der Waals surface area (Å²) in [6.07, 6.45) is -0.567. The van der Waals surface area contributed by atoms with Crippen LogP contribution < -0.4 is 9.47 Å². The first-order chi connectivity index (χ1) is 12.5. The van der Waals surface area contributed by atoms with Gasteiger partial charge in [0.2, 0.25) is 0 Å². The molecule has 26 heavy (non-hydrogen) atoms. The van der Waals surface area contributed by atoms with Crippen molar-refractivity contribution in [3.8, 4) is 11.5 Å². The van der Waals surface area contributed by atoms with Crippen molar-refractivity contribution < 1.29 is 24.1 Å². The van der Waals surface area contributed by atoms with Gasteiger partial charge in [-0.05, 0) is 35.2 Å². The predicted octanol–water partition coefficient (Wildman–Crippen LogP) is 3.91. The van der Waals surface area contributed by atoms with Gasteiger partial charge in [-0.25, -0.2) is 4.79 Å². The van der Waals surface area contributed by atoms with Gasteiger partial charge in [-0.15, -0.1) is 0 Å². The van der Waals surface area contributed by atoms with Gasteiger partial charge in [0.1, 0.15) is 24.7 Å². The van der Waals surface area contributed by atoms with E-state index in [0.29, 0.717) is 31.3 Å². The van der Waals surface area contributed by atoms with Gasteiger partial charge in [-0.3, -0.25) is 0 Å². The number of carboxylic acid groups (broad SMARTS) is 1. The van der Waals surface area contributed by atoms with E-state index in [2.05, 4.69) is 19.9 Å². The Balaban J connectivity index is 1.87. The Morgan fingerprint density at radius 2 is 1.77 bits per heavy atom. The molecule has 0 saturated carbocycles. The third-order valence-corrected chi connectivity index (χ3v) is 4.03. The summed E-state index contributed by atoms with van der Waals surface area (Å²) in [6, 6.07) is 15.4. The highest BCUT2D eigenvalue weighted by Crippen LogP contribution is 2.25. The van der Waals surface area contributed by atoms with Crippen LogP contribution in [0.25, 0.3) is 0 Å². The van der Waals surface area contributed by atoms with Gasteiger partial charge in [0.25, 0.3) is 0 Å². The van der Waals surface area contributed by atoms with Gasteiger partial charge in [0.05, 0.1) is 0 Å². The Hall–Kier alpha value is -2.53. The molecule has 140 valence electrons. The van der Waals surface area contributed by atoms with Crippen molar-refractivity contribution in [2.45, 2.75) is 32.3 Å². The highest BCUT2D eigenvalue weighted by atomic mass is 16.5. The van der Waals surface area contributed by atoms with Gasteiger partial charge >= 0.3 is 5.97 Å². The van der Waals surface area contributed by atoms with E-state index in [1.165, 1.54) is 12.7 Å². The average Bonchev–Trinajstić information content (AvgIpc) is 2.63. The molecule has 1 atom stereocenters. The molecule has 0 aliphatic rings. The molecule has 0 aromatic heterocycles. The first kappa shape index (κ1) is 19.8. The molecule has 5 heteroatoms. The van der Waals surface area contributed by atoms with Gasteiger partial charge in [-0.2, -0.15) is 0 Å². The van der Waals surface area contributed by atoms with Crippen LogP contribution in [0.5, 0.6) is 11.5 Å². The molecule has 0 bridgehead atoms. The minimum atomic E-state index is -0.976. The zero-order valence-electron chi connectivity index (χ0n) is 15.5. The monoisotopic (exact) mass is 358 g/mol. The highest BCUT2D eigenvalue weighted by molar-refractivity contribution is 5.72. The largest absolute Gasteiger partial charge is 0.490 e. The Morgan fingerprint density at radius 1 is 1.04 bits per heavy atom. The zero-order valence-corrected chi connectivity index (χ0v) is 15.5. The van der Waals surface area contributed by atoms with Crippen molar-refractivity contribution in [2.24, 2.45) is 0 Å². The number of rotatable bonds is 10. The standard InChI is InChI=1S/C21H26O5/c1-15(2)18-9-4-5-10-19(18)26-12-11-25-17-8-6-7-16(13-17)14-20(24-3)21(22)23/h4-10,13,15,20H,11-12,14H2,1-3H3,(H,22,23). The second-order valence-electron chi connectivity index (χ2n) is 6.30. The van der Waals surface area contributed by atoms with Crippen LogP contribution in [0, 0.1) is 0 Å². The van der Waals surface area contributed by atoms with Crippen molar-refractivity contribution in [2.75, 3.05) is 20.3 Å². The summed E-state index contributed by atoms with van der Waals surface area (Å²) >= 11 is 0. The van der Waals surface area contributed by atoms with Gasteiger partial charge in [0.15, 0.2) is 6.10 Å². The number of hydrogen-bond donors (Lipinski definition) is 1. The summed E-state index contributed by atoms with van der Waals surface area (Å²) < 4.78 is 16.5. The van der Waals surface area contributed by atoms with Crippen LogP contribution in [-0.2, 0) is 16.0 Å². The molecule has 0 amide bonds. The van der Waals surface area contributed by atoms with Gasteiger partial charge in [-0.1, -0.05) is 44.2 Å². The van der Waals surface area contributed by atoms with E-state index in [1.807, 2.05) is 42.5 Å². The van der Waals surface area contributed by atoms with E-state index < -0.39 is 12.1 Å². The molecular weight excluding hydrogens is 332 g/mol. The first-order valence-electron chi connectivity index (χ1n) is 8.70. The van der Waals surface area contributed by atoms with E-state index >= 15 is 0 Å². The summed E-state index contributed by atoms with van der Waals surface area (Å²) in [5.74, 6) is 0.982. The molecule has 0 radical (unpaired) electrons. The fraction of sp³-hybridized carbons (Fsp3) is 0.381. The number of ether oxygens (including phenoxy) is 3. The lowest BCUT2D eigenvalue weighted by Gasteiger charge is -2.15. The van der Waals surface area contributed by atoms with Crippen molar-refractivity contribution in [1.82, 2.24) is 0 Å². The number of aliphatic carboxylic acids is 1. The lowest BCUT2D eigenvalue weighted by Crippen LogP contribution is -2.24. The number of hydrogen-bond acceptors (Lipinski definition) is 4. The van der Waals surface area contributed by atoms with E-state index in [1.54, 1.807) is 0 Å². The van der Waals surface area contributed by atoms with Crippen LogP contribution in [0.1, 0.15) is 30.9 Å². The molecule has 1 N–H and O–H groups in total. The number of para-hydroxylation sites is 1. The molecule has 1 unspecified atom stereocenters. The van der Waals surface area contributed by atoms with Crippen LogP contribution in [0.2, 0.25) is 0 Å². The minimum absolute atomic E-state index is 0.293. The minimum Gasteiger partial charge on any atom is -0.490 e. The molecule has 0 fully saturated rings. The van der Waals surface area contributed by atoms with Crippen molar-refractivity contribution >= 4 is 5.97 Å². The maximum absolute atomic E-state index is 11.1. The lowest BCUT2D eigenvalue weighted by molar-refractivity contribution is -0.148. The molecule has 0 saturated heterocycles. The first-order valence-corrected chi connectivity index (χ1v) is 8.70. The van der Waals surface area contributed by atoms with E-state index in [9.17, 15) is 4.79 Å². The van der Waals surface area contributed by atoms with Crippen molar-refractivity contribution in [3.05, 3.63) is 59.7 Å². The molecule has 0 spiro atoms. The molecule has 0 aliphatic carbocycles. The number of benzene rings is 2. The SMILES string of the molecule is COC(Cc1cccc(OCCOc2ccccc2C(C)C)c1)C(=O)O. The van der Waals surface area contributed by atoms with E-state index in [0.717, 1.165) is 11.3 Å². The number of carbonyl (C=O) groups is 1. The normalized spacial score (nSPS) is 12.0. The van der Waals surface area contributed by atoms with Gasteiger partial charge < -0.3 is 19.3 Å². The van der Waals surface area contributed by atoms with Crippen molar-refractivity contribution in [3.63, 3.8) is 0 Å². The maximum atomic E-state index is 11.1. The topological polar surface area (TPSA) is 65.0 Å². The second kappa shape index (κ2) is 9.82. The molecule has 2 rings (SSSR count). The molecule has 2 aromatic carbocycles. The third-order valence-electron chi connectivity index (χ3n) is 4.03. The third kappa shape index (κ3) is 5.77. The number of carboxylic acids is 1. The summed E-state index contributed by atoms with van der Waals surface area (Å²) in [4.78, 5) is 11.1. The highest BCUT2D eigenvalue weighted by Gasteiger charge is 2.17. The molecule has 0 heterocycles. The smallest absolute Gasteiger partial charge is 0.333 e. The average molecular weight is 358 g/mol. The predicted molar refractivity (Wildman–Crippen MR) is 100 cm³/mol. The second-order valence-corrected chi connectivity index (χ2v) is 6.30. The molecule has 2 aromatic rings. The lowest BCUT2D eigenvalue weighted by atomic mass is 10.0. The summed E-state index contributed by atoms with van der Waals surface area (Å²) in [6.45, 7) is 5.11. The van der Waals surface area contributed by atoms with Crippen LogP contribution in [0.15, 0.2) is 48.5 Å².